The number of Topliss-reactive ketones (excluding diaryl/α,β-unsaturated/α-hetero) is 2. The van der Waals surface area contributed by atoms with Gasteiger partial charge in [0.2, 0.25) is 0 Å². The second-order valence-electron chi connectivity index (χ2n) is 38.4. The molecule has 0 atom stereocenters. The number of carbonyl (C=O) groups excluding carboxylic acids is 2. The van der Waals surface area contributed by atoms with E-state index in [1.54, 1.807) is 6.20 Å². The number of hydrogen-bond acceptors (Lipinski definition) is 15. The van der Waals surface area contributed by atoms with Crippen LogP contribution in [0.5, 0.6) is 0 Å². The van der Waals surface area contributed by atoms with Crippen LogP contribution in [0, 0.1) is 17.8 Å². The molecule has 2 aliphatic heterocycles. The van der Waals surface area contributed by atoms with E-state index in [4.69, 9.17) is 19.3 Å². The number of rotatable bonds is 29. The minimum Gasteiger partial charge on any atom is -0.428 e. The Balaban J connectivity index is 0.000000173. The SMILES string of the molecule is C.CC(C)[Si](C(C)C)(C(C)C)n1ccc2c(C(=O)C3CC(N(Cc4ccccc4)Cc4ccccc4)C3)c(B3OC(C)(C)C(C)(C)O3)cnc21.CC(C)[Si](C(C)C)(C(C)C)n1ccc2c(C(=O)C3CC(N(Cc4ccccc4)Cc4ccccc4)C3)c(Br)cnc21.NN.O.OB1NN=C(C2CC(N(Cc3ccccc3)Cc3ccccc3)C2)c2c1cnc1[nH]ccc21. The van der Waals surface area contributed by atoms with Crippen LogP contribution in [-0.2, 0) is 48.6 Å². The molecule has 0 spiro atoms. The number of nitrogens with zero attached hydrogens (tertiary/aromatic N) is 9. The van der Waals surface area contributed by atoms with Crippen molar-refractivity contribution in [1.82, 2.24) is 48.4 Å². The van der Waals surface area contributed by atoms with Crippen LogP contribution >= 0.6 is 15.9 Å². The molecule has 1 saturated heterocycles. The van der Waals surface area contributed by atoms with Crippen molar-refractivity contribution in [2.24, 2.45) is 34.5 Å². The summed E-state index contributed by atoms with van der Waals surface area (Å²) in [7, 11) is -5.59. The minimum absolute atomic E-state index is 0. The van der Waals surface area contributed by atoms with Crippen molar-refractivity contribution in [2.75, 3.05) is 0 Å². The van der Waals surface area contributed by atoms with Gasteiger partial charge in [-0.25, -0.2) is 15.0 Å². The fourth-order valence-electron chi connectivity index (χ4n) is 21.8. The average molecular weight is 1810 g/mol. The van der Waals surface area contributed by atoms with Crippen molar-refractivity contribution in [3.8, 4) is 0 Å². The number of benzene rings is 6. The number of aromatic amines is 1. The number of H-pyrrole nitrogens is 1. The van der Waals surface area contributed by atoms with Crippen molar-refractivity contribution in [1.29, 1.82) is 0 Å². The molecule has 670 valence electrons. The molecule has 12 aromatic rings. The number of ketones is 2. The van der Waals surface area contributed by atoms with Crippen molar-refractivity contribution in [3.05, 3.63) is 292 Å². The zero-order valence-electron chi connectivity index (χ0n) is 76.7. The molecule has 127 heavy (non-hydrogen) atoms. The van der Waals surface area contributed by atoms with Crippen LogP contribution in [-0.4, -0.2) is 131 Å². The Morgan fingerprint density at radius 2 is 0.795 bits per heavy atom. The Kier molecular flexibility index (Phi) is 31.9. The molecular formula is C103H136B2BrN13O6Si2. The topological polar surface area (TPSA) is 255 Å². The number of carbonyl (C=O) groups is 2. The number of hydrogen-bond donors (Lipinski definition) is 5. The number of fused-ring (bicyclic) bond motifs is 5. The number of hydrazone groups is 1. The summed E-state index contributed by atoms with van der Waals surface area (Å²) in [5.41, 5.74) is 17.9. The van der Waals surface area contributed by atoms with Crippen LogP contribution in [0.25, 0.3) is 33.1 Å². The van der Waals surface area contributed by atoms with Gasteiger partial charge in [-0.1, -0.05) is 273 Å². The van der Waals surface area contributed by atoms with Gasteiger partial charge < -0.3 is 38.6 Å². The summed E-state index contributed by atoms with van der Waals surface area (Å²) in [6.07, 6.45) is 17.4. The lowest BCUT2D eigenvalue weighted by Crippen LogP contribution is -2.53. The first-order valence-electron chi connectivity index (χ1n) is 45.4. The minimum atomic E-state index is -2.12. The van der Waals surface area contributed by atoms with Gasteiger partial charge in [0.1, 0.15) is 16.9 Å². The summed E-state index contributed by atoms with van der Waals surface area (Å²) in [4.78, 5) is 54.5. The Bertz CT molecular complexity index is 5450. The van der Waals surface area contributed by atoms with Crippen molar-refractivity contribution in [3.63, 3.8) is 0 Å². The maximum atomic E-state index is 14.9. The number of nitrogens with one attached hydrogen (secondary N) is 2. The third-order valence-electron chi connectivity index (χ3n) is 28.7. The zero-order chi connectivity index (χ0) is 88.8. The number of hydrazine groups is 1. The van der Waals surface area contributed by atoms with E-state index < -0.39 is 41.8 Å². The molecule has 0 bridgehead atoms. The lowest BCUT2D eigenvalue weighted by Gasteiger charge is -2.44. The number of halogens is 1. The van der Waals surface area contributed by atoms with Gasteiger partial charge in [-0.2, -0.15) is 5.10 Å². The van der Waals surface area contributed by atoms with Crippen molar-refractivity contribution >= 4 is 108 Å². The summed E-state index contributed by atoms with van der Waals surface area (Å²) in [6, 6.07) is 71.7. The molecule has 3 aliphatic carbocycles. The molecule has 6 aromatic carbocycles. The van der Waals surface area contributed by atoms with Crippen LogP contribution in [0.2, 0.25) is 33.2 Å². The van der Waals surface area contributed by atoms with Gasteiger partial charge >= 0.3 is 14.2 Å². The van der Waals surface area contributed by atoms with Gasteiger partial charge in [0.15, 0.2) is 28.0 Å². The fourth-order valence-corrected chi connectivity index (χ4v) is 35.4. The number of nitrogens with two attached hydrogens (primary N) is 2. The van der Waals surface area contributed by atoms with Gasteiger partial charge in [0.05, 0.1) is 16.9 Å². The van der Waals surface area contributed by atoms with Gasteiger partial charge in [-0.3, -0.25) is 36.0 Å². The highest BCUT2D eigenvalue weighted by molar-refractivity contribution is 9.10. The number of aromatic nitrogens is 6. The van der Waals surface area contributed by atoms with E-state index in [-0.39, 0.29) is 36.3 Å². The second kappa shape index (κ2) is 41.8. The Hall–Kier alpha value is -9.12. The molecule has 0 amide bonds. The highest BCUT2D eigenvalue weighted by Crippen LogP contribution is 2.49. The third-order valence-corrected chi connectivity index (χ3v) is 42.7. The quantitative estimate of drug-likeness (QED) is 0.0127. The monoisotopic (exact) mass is 1810 g/mol. The molecule has 5 aliphatic rings. The molecule has 3 saturated carbocycles. The largest absolute Gasteiger partial charge is 0.497 e. The summed E-state index contributed by atoms with van der Waals surface area (Å²) in [5.74, 6) is 8.75. The number of pyridine rings is 3. The molecule has 9 N–H and O–H groups in total. The van der Waals surface area contributed by atoms with Crippen LogP contribution in [0.15, 0.2) is 247 Å². The van der Waals surface area contributed by atoms with E-state index >= 15 is 0 Å². The Labute approximate surface area is 765 Å². The first-order chi connectivity index (χ1) is 60.1. The van der Waals surface area contributed by atoms with E-state index in [1.165, 1.54) is 33.4 Å². The normalized spacial score (nSPS) is 18.8. The van der Waals surface area contributed by atoms with E-state index in [9.17, 15) is 14.6 Å². The standard InChI is InChI=1S/C41H56BN3O3Si.C35H44BrN3OSi.C26H26BN5O.CH4.H4N2.H2O/c1-28(2)49(29(3)4,30(5)6)45-22-21-35-37(36(25-43-39(35)45)42-47-40(7,8)41(9,10)48-42)38(46)33-23-34(24-33)44(26-31-17-13-11-14-18-31)27-32-19-15-12-16-20-32;1-24(2)41(25(3)4,26(5)6)39-18-17-31-33(32(36)21-37-35(31)39)34(40)29-19-30(20-29)38(22-27-13-9-7-10-14-27)23-28-15-11-8-12-16-28;33-27-23-15-29-26-22(11-12-28-26)24(23)25(30-31-27)20-13-21(14-20)32(16-18-7-3-1-4-8-18)17-19-9-5-2-6-10-19;;1-2;/h11-22,25,28-30,33-34H,23-24,26-27H2,1-10H3;7-18,21,24-26,29-30H,19-20,22-23H2,1-6H3;1-12,15,20-21,31,33H,13-14,16-17H2,(H,28,29);1H4;1-2H2;1H2. The molecule has 0 unspecified atom stereocenters. The molecule has 0 radical (unpaired) electrons. The maximum absolute atomic E-state index is 14.9. The van der Waals surface area contributed by atoms with Crippen molar-refractivity contribution < 1.29 is 29.4 Å². The summed E-state index contributed by atoms with van der Waals surface area (Å²) < 4.78 is 19.0. The van der Waals surface area contributed by atoms with Gasteiger partial charge in [-0.15, -0.1) is 0 Å². The smallest absolute Gasteiger partial charge is 0.428 e. The van der Waals surface area contributed by atoms with Gasteiger partial charge in [0, 0.05) is 148 Å². The first kappa shape index (κ1) is 97.0. The van der Waals surface area contributed by atoms with E-state index in [2.05, 4.69) is 388 Å². The lowest BCUT2D eigenvalue weighted by atomic mass is 9.66. The lowest BCUT2D eigenvalue weighted by molar-refractivity contribution is 0.00578. The first-order valence-corrected chi connectivity index (χ1v) is 50.6. The second-order valence-corrected chi connectivity index (χ2v) is 50.7. The maximum Gasteiger partial charge on any atom is 0.497 e. The molecule has 24 heteroatoms. The molecule has 6 aromatic heterocycles. The van der Waals surface area contributed by atoms with Crippen LogP contribution in [0.3, 0.4) is 0 Å². The highest BCUT2D eigenvalue weighted by Gasteiger charge is 2.55. The fraction of sp³-hybridized carbons (Fsp3) is 0.417. The van der Waals surface area contributed by atoms with E-state index in [0.29, 0.717) is 57.3 Å². The van der Waals surface area contributed by atoms with E-state index in [1.807, 2.05) is 24.7 Å². The average Bonchev–Trinajstić information content (AvgIpc) is 1.59. The van der Waals surface area contributed by atoms with Gasteiger partial charge in [0.25, 0.3) is 0 Å². The summed E-state index contributed by atoms with van der Waals surface area (Å²) in [5, 5.41) is 20.9. The van der Waals surface area contributed by atoms with Crippen LogP contribution in [0.1, 0.15) is 216 Å². The summed E-state index contributed by atoms with van der Waals surface area (Å²) in [6.45, 7) is 42.0. The molecule has 8 heterocycles. The molecular weight excluding hydrogens is 1670 g/mol. The highest BCUT2D eigenvalue weighted by atomic mass is 79.9. The Morgan fingerprint density at radius 1 is 0.472 bits per heavy atom. The predicted molar refractivity (Wildman–Crippen MR) is 532 cm³/mol. The molecule has 17 rings (SSSR count). The Morgan fingerprint density at radius 3 is 1.15 bits per heavy atom. The van der Waals surface area contributed by atoms with Crippen LogP contribution < -0.4 is 27.9 Å². The van der Waals surface area contributed by atoms with E-state index in [0.717, 1.165) is 149 Å². The zero-order valence-corrected chi connectivity index (χ0v) is 80.3. The summed E-state index contributed by atoms with van der Waals surface area (Å²) >= 11 is 3.73. The third kappa shape index (κ3) is 20.0. The predicted octanol–water partition coefficient (Wildman–Crippen LogP) is 20.2. The molecule has 4 fully saturated rings. The van der Waals surface area contributed by atoms with Gasteiger partial charge in [-0.05, 0) is 179 Å². The van der Waals surface area contributed by atoms with Crippen LogP contribution in [0.4, 0.5) is 0 Å². The molecule has 19 nitrogen and oxygen atoms in total. The van der Waals surface area contributed by atoms with Crippen molar-refractivity contribution in [2.45, 2.75) is 259 Å².